The van der Waals surface area contributed by atoms with Gasteiger partial charge in [-0.15, -0.1) is 12.4 Å². The van der Waals surface area contributed by atoms with Crippen molar-refractivity contribution in [2.45, 2.75) is 13.8 Å². The number of hydrogen-bond acceptors (Lipinski definition) is 8. The number of hydrogen-bond donors (Lipinski definition) is 3. The van der Waals surface area contributed by atoms with Crippen molar-refractivity contribution < 1.29 is 5.21 Å². The van der Waals surface area contributed by atoms with Gasteiger partial charge in [-0.1, -0.05) is 17.3 Å². The molecule has 2 heterocycles. The second kappa shape index (κ2) is 8.09. The van der Waals surface area contributed by atoms with E-state index < -0.39 is 0 Å². The molecule has 1 aromatic heterocycles. The van der Waals surface area contributed by atoms with Crippen LogP contribution < -0.4 is 21.3 Å². The maximum atomic E-state index is 8.85. The molecular formula is C17H24ClN7O. The lowest BCUT2D eigenvalue weighted by atomic mass is 10.1. The van der Waals surface area contributed by atoms with Crippen LogP contribution in [0.5, 0.6) is 0 Å². The number of nitrogen functional groups attached to an aromatic ring is 2. The number of rotatable bonds is 3. The molecule has 1 aromatic carbocycles. The first-order valence-electron chi connectivity index (χ1n) is 8.18. The first-order chi connectivity index (χ1) is 12.0. The van der Waals surface area contributed by atoms with Gasteiger partial charge in [0.25, 0.3) is 0 Å². The monoisotopic (exact) mass is 377 g/mol. The molecule has 0 radical (unpaired) electrons. The number of halogens is 1. The van der Waals surface area contributed by atoms with E-state index in [1.807, 2.05) is 31.2 Å². The molecule has 0 atom stereocenters. The number of benzene rings is 1. The summed E-state index contributed by atoms with van der Waals surface area (Å²) >= 11 is 0. The molecular weight excluding hydrogens is 354 g/mol. The summed E-state index contributed by atoms with van der Waals surface area (Å²) in [5.41, 5.74) is 16.0. The van der Waals surface area contributed by atoms with Gasteiger partial charge in [0.2, 0.25) is 5.95 Å². The summed E-state index contributed by atoms with van der Waals surface area (Å²) in [6.07, 6.45) is 0. The topological polar surface area (TPSA) is 117 Å². The lowest BCUT2D eigenvalue weighted by Gasteiger charge is -2.38. The predicted octanol–water partition coefficient (Wildman–Crippen LogP) is 1.90. The number of aromatic nitrogens is 2. The first kappa shape index (κ1) is 19.6. The van der Waals surface area contributed by atoms with Crippen LogP contribution in [0.1, 0.15) is 18.2 Å². The van der Waals surface area contributed by atoms with Gasteiger partial charge in [0.1, 0.15) is 5.69 Å². The number of oxime groups is 1. The van der Waals surface area contributed by atoms with Crippen molar-refractivity contribution in [3.8, 4) is 0 Å². The molecule has 0 aliphatic carbocycles. The minimum Gasteiger partial charge on any atom is -0.411 e. The largest absolute Gasteiger partial charge is 0.411 e. The Balaban J connectivity index is 0.00000243. The van der Waals surface area contributed by atoms with Gasteiger partial charge in [0.05, 0.1) is 11.4 Å². The normalized spacial score (nSPS) is 14.9. The molecule has 0 saturated carbocycles. The quantitative estimate of drug-likeness (QED) is 0.424. The van der Waals surface area contributed by atoms with Gasteiger partial charge < -0.3 is 26.5 Å². The van der Waals surface area contributed by atoms with Crippen LogP contribution in [0.3, 0.4) is 0 Å². The third-order valence-electron chi connectivity index (χ3n) is 4.50. The second-order valence-corrected chi connectivity index (χ2v) is 6.11. The Morgan fingerprint density at radius 1 is 1.04 bits per heavy atom. The summed E-state index contributed by atoms with van der Waals surface area (Å²) in [5.74, 6) is 0.640. The maximum Gasteiger partial charge on any atom is 0.222 e. The van der Waals surface area contributed by atoms with Crippen molar-refractivity contribution in [1.82, 2.24) is 9.97 Å². The van der Waals surface area contributed by atoms with E-state index >= 15 is 0 Å². The number of piperazine rings is 1. The van der Waals surface area contributed by atoms with E-state index in [9.17, 15) is 0 Å². The van der Waals surface area contributed by atoms with Gasteiger partial charge in [-0.05, 0) is 31.5 Å². The average molecular weight is 378 g/mol. The fourth-order valence-electron chi connectivity index (χ4n) is 3.16. The average Bonchev–Trinajstić information content (AvgIpc) is 2.61. The molecule has 0 unspecified atom stereocenters. The van der Waals surface area contributed by atoms with E-state index in [-0.39, 0.29) is 18.4 Å². The Bertz CT molecular complexity index is 763. The van der Waals surface area contributed by atoms with Gasteiger partial charge in [0, 0.05) is 31.9 Å². The highest BCUT2D eigenvalue weighted by molar-refractivity contribution is 5.98. The van der Waals surface area contributed by atoms with Gasteiger partial charge in [0.15, 0.2) is 5.82 Å². The van der Waals surface area contributed by atoms with E-state index in [4.69, 9.17) is 16.7 Å². The summed E-state index contributed by atoms with van der Waals surface area (Å²) in [6.45, 7) is 7.08. The number of aryl methyl sites for hydroxylation is 1. The molecule has 3 rings (SSSR count). The molecule has 1 fully saturated rings. The summed E-state index contributed by atoms with van der Waals surface area (Å²) in [6, 6.07) is 8.02. The Labute approximate surface area is 158 Å². The smallest absolute Gasteiger partial charge is 0.222 e. The lowest BCUT2D eigenvalue weighted by Crippen LogP contribution is -2.47. The summed E-state index contributed by atoms with van der Waals surface area (Å²) in [5, 5.41) is 12.1. The van der Waals surface area contributed by atoms with Gasteiger partial charge >= 0.3 is 0 Å². The van der Waals surface area contributed by atoms with Crippen molar-refractivity contribution in [1.29, 1.82) is 0 Å². The minimum atomic E-state index is 0. The van der Waals surface area contributed by atoms with E-state index in [2.05, 4.69) is 24.9 Å². The zero-order valence-corrected chi connectivity index (χ0v) is 15.7. The molecule has 1 aliphatic heterocycles. The molecule has 9 heteroatoms. The van der Waals surface area contributed by atoms with Crippen LogP contribution in [-0.2, 0) is 0 Å². The molecule has 0 bridgehead atoms. The molecule has 26 heavy (non-hydrogen) atoms. The predicted molar refractivity (Wildman–Crippen MR) is 108 cm³/mol. The molecule has 1 aliphatic rings. The zero-order valence-electron chi connectivity index (χ0n) is 14.9. The third-order valence-corrected chi connectivity index (χ3v) is 4.50. The molecule has 0 spiro atoms. The van der Waals surface area contributed by atoms with Crippen LogP contribution in [0, 0.1) is 6.92 Å². The fourth-order valence-corrected chi connectivity index (χ4v) is 3.16. The van der Waals surface area contributed by atoms with Crippen LogP contribution >= 0.6 is 12.4 Å². The Kier molecular flexibility index (Phi) is 6.10. The van der Waals surface area contributed by atoms with E-state index in [0.29, 0.717) is 11.5 Å². The highest BCUT2D eigenvalue weighted by Gasteiger charge is 2.22. The molecule has 2 aromatic rings. The SMILES string of the molecule is C/C(=N\O)c1ccc(N2CCN(c3c(C)nc(N)nc3N)CC2)cc1.Cl. The van der Waals surface area contributed by atoms with E-state index in [1.165, 1.54) is 0 Å². The number of nitrogens with two attached hydrogens (primary N) is 2. The van der Waals surface area contributed by atoms with Crippen LogP contribution in [0.4, 0.5) is 23.1 Å². The van der Waals surface area contributed by atoms with Gasteiger partial charge in [-0.2, -0.15) is 4.98 Å². The van der Waals surface area contributed by atoms with Crippen LogP contribution in [0.2, 0.25) is 0 Å². The summed E-state index contributed by atoms with van der Waals surface area (Å²) in [7, 11) is 0. The summed E-state index contributed by atoms with van der Waals surface area (Å²) in [4.78, 5) is 12.8. The van der Waals surface area contributed by atoms with Crippen molar-refractivity contribution in [2.75, 3.05) is 47.4 Å². The summed E-state index contributed by atoms with van der Waals surface area (Å²) < 4.78 is 0. The second-order valence-electron chi connectivity index (χ2n) is 6.11. The number of nitrogens with zero attached hydrogens (tertiary/aromatic N) is 5. The van der Waals surface area contributed by atoms with Crippen molar-refractivity contribution in [3.63, 3.8) is 0 Å². The molecule has 140 valence electrons. The maximum absolute atomic E-state index is 8.85. The molecule has 1 saturated heterocycles. The van der Waals surface area contributed by atoms with Gasteiger partial charge in [-0.3, -0.25) is 0 Å². The van der Waals surface area contributed by atoms with E-state index in [1.54, 1.807) is 6.92 Å². The third kappa shape index (κ3) is 3.91. The molecule has 0 amide bonds. The Morgan fingerprint density at radius 2 is 1.62 bits per heavy atom. The Hall–Kier alpha value is -2.74. The number of anilines is 4. The minimum absolute atomic E-state index is 0. The Morgan fingerprint density at radius 3 is 2.15 bits per heavy atom. The first-order valence-corrected chi connectivity index (χ1v) is 8.18. The highest BCUT2D eigenvalue weighted by atomic mass is 35.5. The van der Waals surface area contributed by atoms with Crippen molar-refractivity contribution in [2.24, 2.45) is 5.16 Å². The van der Waals surface area contributed by atoms with Crippen LogP contribution in [-0.4, -0.2) is 47.1 Å². The molecule has 8 nitrogen and oxygen atoms in total. The van der Waals surface area contributed by atoms with Crippen molar-refractivity contribution in [3.05, 3.63) is 35.5 Å². The lowest BCUT2D eigenvalue weighted by molar-refractivity contribution is 0.319. The van der Waals surface area contributed by atoms with E-state index in [0.717, 1.165) is 48.8 Å². The van der Waals surface area contributed by atoms with Crippen LogP contribution in [0.15, 0.2) is 29.4 Å². The standard InChI is InChI=1S/C17H23N7O.ClH/c1-11(22-25)13-3-5-14(6-4-13)23-7-9-24(10-8-23)15-12(2)20-17(19)21-16(15)18;/h3-6,25H,7-10H2,1-2H3,(H4,18,19,20,21);1H/b22-11+;. The van der Waals surface area contributed by atoms with Gasteiger partial charge in [-0.25, -0.2) is 4.98 Å². The zero-order chi connectivity index (χ0) is 18.0. The highest BCUT2D eigenvalue weighted by Crippen LogP contribution is 2.27. The van der Waals surface area contributed by atoms with Crippen LogP contribution in [0.25, 0.3) is 0 Å². The molecule has 5 N–H and O–H groups in total. The fraction of sp³-hybridized carbons (Fsp3) is 0.353. The van der Waals surface area contributed by atoms with Crippen molar-refractivity contribution >= 4 is 41.3 Å².